The number of benzene rings is 1. The molecule has 0 atom stereocenters. The monoisotopic (exact) mass is 243 g/mol. The molecule has 0 heterocycles. The fourth-order valence-corrected chi connectivity index (χ4v) is 1.65. The van der Waals surface area contributed by atoms with E-state index in [-0.39, 0.29) is 5.75 Å². The van der Waals surface area contributed by atoms with Gasteiger partial charge in [0.2, 0.25) is 10.0 Å². The maximum absolute atomic E-state index is 11.2. The van der Waals surface area contributed by atoms with E-state index in [1.165, 1.54) is 31.2 Å². The molecule has 0 aromatic heterocycles. The Morgan fingerprint density at radius 1 is 1.31 bits per heavy atom. The van der Waals surface area contributed by atoms with E-state index in [1.807, 2.05) is 0 Å². The number of hydrogen-bond donors (Lipinski definition) is 1. The molecule has 0 bridgehead atoms. The van der Waals surface area contributed by atoms with Crippen molar-refractivity contribution >= 4 is 21.7 Å². The van der Waals surface area contributed by atoms with E-state index < -0.39 is 16.0 Å². The van der Waals surface area contributed by atoms with Gasteiger partial charge in [-0.1, -0.05) is 0 Å². The van der Waals surface area contributed by atoms with Crippen LogP contribution in [0.5, 0.6) is 5.75 Å². The van der Waals surface area contributed by atoms with Crippen molar-refractivity contribution in [1.82, 2.24) is 0 Å². The zero-order valence-corrected chi connectivity index (χ0v) is 9.87. The molecule has 0 aliphatic rings. The summed E-state index contributed by atoms with van der Waals surface area (Å²) in [5.74, 6) is -0.0209. The second kappa shape index (κ2) is 4.98. The molecule has 5 nitrogen and oxygen atoms in total. The van der Waals surface area contributed by atoms with Crippen LogP contribution in [0, 0.1) is 0 Å². The Kier molecular flexibility index (Phi) is 3.89. The van der Waals surface area contributed by atoms with Gasteiger partial charge in [-0.3, -0.25) is 9.52 Å². The molecule has 1 aromatic carbocycles. The van der Waals surface area contributed by atoms with Crippen LogP contribution < -0.4 is 9.46 Å². The van der Waals surface area contributed by atoms with Gasteiger partial charge < -0.3 is 4.74 Å². The number of rotatable bonds is 4. The lowest BCUT2D eigenvalue weighted by Gasteiger charge is -2.06. The second-order valence-corrected chi connectivity index (χ2v) is 5.13. The minimum Gasteiger partial charge on any atom is -0.427 e. The lowest BCUT2D eigenvalue weighted by atomic mass is 10.3. The van der Waals surface area contributed by atoms with Crippen LogP contribution in [0.3, 0.4) is 0 Å². The second-order valence-electron chi connectivity index (χ2n) is 3.12. The first-order valence-corrected chi connectivity index (χ1v) is 6.37. The summed E-state index contributed by atoms with van der Waals surface area (Å²) in [5, 5.41) is 0. The molecule has 1 aromatic rings. The van der Waals surface area contributed by atoms with Gasteiger partial charge in [0, 0.05) is 12.6 Å². The standard InChI is InChI=1S/C10H13NO4S/c1-3-16(13,14)11-9-4-6-10(7-5-9)15-8(2)12/h4-7,11H,3H2,1-2H3. The minimum atomic E-state index is -3.27. The van der Waals surface area contributed by atoms with Crippen LogP contribution in [-0.4, -0.2) is 20.1 Å². The molecule has 0 aliphatic heterocycles. The Morgan fingerprint density at radius 3 is 2.31 bits per heavy atom. The summed E-state index contributed by atoms with van der Waals surface area (Å²) < 4.78 is 29.7. The highest BCUT2D eigenvalue weighted by Gasteiger charge is 2.06. The lowest BCUT2D eigenvalue weighted by molar-refractivity contribution is -0.131. The van der Waals surface area contributed by atoms with Gasteiger partial charge in [-0.25, -0.2) is 8.42 Å². The number of sulfonamides is 1. The maximum Gasteiger partial charge on any atom is 0.308 e. The van der Waals surface area contributed by atoms with Crippen LogP contribution in [0.15, 0.2) is 24.3 Å². The average Bonchev–Trinajstić information content (AvgIpc) is 2.20. The van der Waals surface area contributed by atoms with Crippen molar-refractivity contribution < 1.29 is 17.9 Å². The Balaban J connectivity index is 2.76. The van der Waals surface area contributed by atoms with Crippen molar-refractivity contribution in [1.29, 1.82) is 0 Å². The fourth-order valence-electron chi connectivity index (χ4n) is 1.01. The van der Waals surface area contributed by atoms with E-state index in [9.17, 15) is 13.2 Å². The molecular formula is C10H13NO4S. The van der Waals surface area contributed by atoms with Gasteiger partial charge in [-0.2, -0.15) is 0 Å². The Morgan fingerprint density at radius 2 is 1.88 bits per heavy atom. The molecular weight excluding hydrogens is 230 g/mol. The van der Waals surface area contributed by atoms with Crippen LogP contribution in [0.1, 0.15) is 13.8 Å². The Hall–Kier alpha value is -1.56. The summed E-state index contributed by atoms with van der Waals surface area (Å²) >= 11 is 0. The van der Waals surface area contributed by atoms with E-state index in [4.69, 9.17) is 4.74 Å². The molecule has 0 fully saturated rings. The molecule has 0 saturated carbocycles. The average molecular weight is 243 g/mol. The topological polar surface area (TPSA) is 72.5 Å². The molecule has 1 rings (SSSR count). The molecule has 16 heavy (non-hydrogen) atoms. The number of hydrogen-bond acceptors (Lipinski definition) is 4. The van der Waals surface area contributed by atoms with Gasteiger partial charge in [-0.15, -0.1) is 0 Å². The SMILES string of the molecule is CCS(=O)(=O)Nc1ccc(OC(C)=O)cc1. The third-order valence-corrected chi connectivity index (χ3v) is 3.08. The van der Waals surface area contributed by atoms with E-state index in [0.717, 1.165) is 0 Å². The number of esters is 1. The molecule has 1 N–H and O–H groups in total. The summed E-state index contributed by atoms with van der Waals surface area (Å²) in [5.41, 5.74) is 0.442. The van der Waals surface area contributed by atoms with Crippen molar-refractivity contribution in [2.75, 3.05) is 10.5 Å². The van der Waals surface area contributed by atoms with Gasteiger partial charge in [0.1, 0.15) is 5.75 Å². The largest absolute Gasteiger partial charge is 0.427 e. The number of carbonyl (C=O) groups is 1. The molecule has 88 valence electrons. The molecule has 0 unspecified atom stereocenters. The van der Waals surface area contributed by atoms with Gasteiger partial charge in [-0.05, 0) is 31.2 Å². The van der Waals surface area contributed by atoms with E-state index in [0.29, 0.717) is 11.4 Å². The maximum atomic E-state index is 11.2. The number of carbonyl (C=O) groups excluding carboxylic acids is 1. The van der Waals surface area contributed by atoms with E-state index in [2.05, 4.69) is 4.72 Å². The third kappa shape index (κ3) is 3.90. The normalized spacial score (nSPS) is 10.9. The zero-order valence-electron chi connectivity index (χ0n) is 9.06. The predicted molar refractivity (Wildman–Crippen MR) is 60.8 cm³/mol. The van der Waals surface area contributed by atoms with E-state index in [1.54, 1.807) is 6.92 Å². The minimum absolute atomic E-state index is 0.0126. The summed E-state index contributed by atoms with van der Waals surface area (Å²) in [6, 6.07) is 6.11. The van der Waals surface area contributed by atoms with Gasteiger partial charge in [0.25, 0.3) is 0 Å². The first-order chi connectivity index (χ1) is 7.43. The quantitative estimate of drug-likeness (QED) is 0.640. The van der Waals surface area contributed by atoms with Crippen LogP contribution in [-0.2, 0) is 14.8 Å². The molecule has 0 saturated heterocycles. The summed E-state index contributed by atoms with van der Waals surface area (Å²) in [6.45, 7) is 2.85. The molecule has 0 radical (unpaired) electrons. The number of ether oxygens (including phenoxy) is 1. The Bertz CT molecular complexity index is 464. The van der Waals surface area contributed by atoms with Crippen molar-refractivity contribution in [2.24, 2.45) is 0 Å². The van der Waals surface area contributed by atoms with Crippen LogP contribution >= 0.6 is 0 Å². The van der Waals surface area contributed by atoms with Crippen molar-refractivity contribution in [2.45, 2.75) is 13.8 Å². The number of anilines is 1. The van der Waals surface area contributed by atoms with Crippen LogP contribution in [0.4, 0.5) is 5.69 Å². The highest BCUT2D eigenvalue weighted by molar-refractivity contribution is 7.92. The van der Waals surface area contributed by atoms with Crippen molar-refractivity contribution in [3.05, 3.63) is 24.3 Å². The fraction of sp³-hybridized carbons (Fsp3) is 0.300. The lowest BCUT2D eigenvalue weighted by Crippen LogP contribution is -2.14. The van der Waals surface area contributed by atoms with Gasteiger partial charge in [0.15, 0.2) is 0 Å². The molecule has 0 aliphatic carbocycles. The third-order valence-electron chi connectivity index (χ3n) is 1.77. The van der Waals surface area contributed by atoms with Crippen LogP contribution in [0.2, 0.25) is 0 Å². The van der Waals surface area contributed by atoms with Gasteiger partial charge >= 0.3 is 5.97 Å². The molecule has 6 heteroatoms. The highest BCUT2D eigenvalue weighted by atomic mass is 32.2. The predicted octanol–water partition coefficient (Wildman–Crippen LogP) is 1.37. The van der Waals surface area contributed by atoms with Crippen molar-refractivity contribution in [3.63, 3.8) is 0 Å². The summed E-state index contributed by atoms with van der Waals surface area (Å²) in [6.07, 6.45) is 0. The van der Waals surface area contributed by atoms with Crippen molar-refractivity contribution in [3.8, 4) is 5.75 Å². The molecule has 0 amide bonds. The smallest absolute Gasteiger partial charge is 0.308 e. The van der Waals surface area contributed by atoms with E-state index >= 15 is 0 Å². The van der Waals surface area contributed by atoms with Gasteiger partial charge in [0.05, 0.1) is 5.75 Å². The first-order valence-electron chi connectivity index (χ1n) is 4.72. The summed E-state index contributed by atoms with van der Waals surface area (Å²) in [4.78, 5) is 10.6. The highest BCUT2D eigenvalue weighted by Crippen LogP contribution is 2.16. The van der Waals surface area contributed by atoms with Crippen LogP contribution in [0.25, 0.3) is 0 Å². The zero-order chi connectivity index (χ0) is 12.2. The number of nitrogens with one attached hydrogen (secondary N) is 1. The Labute approximate surface area is 94.5 Å². The summed E-state index contributed by atoms with van der Waals surface area (Å²) in [7, 11) is -3.27. The molecule has 0 spiro atoms. The first kappa shape index (κ1) is 12.5.